The number of hydrogen-bond donors (Lipinski definition) is 2. The summed E-state index contributed by atoms with van der Waals surface area (Å²) in [6, 6.07) is 7.49. The van der Waals surface area contributed by atoms with Crippen LogP contribution in [0.3, 0.4) is 0 Å². The Morgan fingerprint density at radius 3 is 2.71 bits per heavy atom. The second-order valence-corrected chi connectivity index (χ2v) is 4.49. The highest BCUT2D eigenvalue weighted by Gasteiger charge is 2.17. The minimum absolute atomic E-state index is 0. The average Bonchev–Trinajstić information content (AvgIpc) is 2.74. The van der Waals surface area contributed by atoms with Crippen LogP contribution < -0.4 is 10.6 Å². The first-order valence-electron chi connectivity index (χ1n) is 5.53. The van der Waals surface area contributed by atoms with Crippen molar-refractivity contribution in [2.45, 2.75) is 25.3 Å². The van der Waals surface area contributed by atoms with E-state index in [2.05, 4.69) is 10.6 Å². The van der Waals surface area contributed by atoms with Crippen LogP contribution in [0.15, 0.2) is 24.3 Å². The van der Waals surface area contributed by atoms with Gasteiger partial charge in [0.1, 0.15) is 0 Å². The molecule has 1 aliphatic heterocycles. The molecule has 0 saturated carbocycles. The van der Waals surface area contributed by atoms with Crippen LogP contribution in [-0.2, 0) is 4.79 Å². The van der Waals surface area contributed by atoms with E-state index >= 15 is 0 Å². The fraction of sp³-hybridized carbons (Fsp3) is 0.417. The van der Waals surface area contributed by atoms with Gasteiger partial charge in [0, 0.05) is 23.2 Å². The smallest absolute Gasteiger partial charge is 0.225 e. The highest BCUT2D eigenvalue weighted by atomic mass is 35.5. The number of rotatable bonds is 3. The predicted octanol–water partition coefficient (Wildman–Crippen LogP) is 2.84. The van der Waals surface area contributed by atoms with Gasteiger partial charge in [0.15, 0.2) is 0 Å². The molecule has 1 aromatic rings. The van der Waals surface area contributed by atoms with E-state index in [9.17, 15) is 4.79 Å². The second kappa shape index (κ2) is 6.84. The van der Waals surface area contributed by atoms with Crippen molar-refractivity contribution in [3.8, 4) is 0 Å². The fourth-order valence-corrected chi connectivity index (χ4v) is 2.03. The maximum Gasteiger partial charge on any atom is 0.225 e. The zero-order valence-electron chi connectivity index (χ0n) is 9.41. The minimum Gasteiger partial charge on any atom is -0.326 e. The molecule has 17 heavy (non-hydrogen) atoms. The normalized spacial score (nSPS) is 18.5. The summed E-state index contributed by atoms with van der Waals surface area (Å²) >= 11 is 5.76. The lowest BCUT2D eigenvalue weighted by atomic mass is 10.1. The maximum atomic E-state index is 11.7. The third-order valence-corrected chi connectivity index (χ3v) is 2.97. The van der Waals surface area contributed by atoms with Crippen molar-refractivity contribution in [2.24, 2.45) is 0 Å². The molecular weight excluding hydrogens is 259 g/mol. The molecule has 1 aliphatic rings. The van der Waals surface area contributed by atoms with Gasteiger partial charge in [-0.2, -0.15) is 0 Å². The summed E-state index contributed by atoms with van der Waals surface area (Å²) in [6.45, 7) is 1.03. The van der Waals surface area contributed by atoms with Gasteiger partial charge >= 0.3 is 0 Å². The highest BCUT2D eigenvalue weighted by molar-refractivity contribution is 6.30. The van der Waals surface area contributed by atoms with E-state index in [-0.39, 0.29) is 18.3 Å². The Labute approximate surface area is 112 Å². The van der Waals surface area contributed by atoms with Crippen LogP contribution in [-0.4, -0.2) is 18.5 Å². The molecule has 0 aliphatic carbocycles. The molecule has 0 aromatic heterocycles. The first-order valence-corrected chi connectivity index (χ1v) is 5.90. The van der Waals surface area contributed by atoms with Crippen LogP contribution in [0.25, 0.3) is 0 Å². The minimum atomic E-state index is 0. The molecular formula is C12H16Cl2N2O. The molecule has 1 fully saturated rings. The van der Waals surface area contributed by atoms with Crippen molar-refractivity contribution < 1.29 is 4.79 Å². The van der Waals surface area contributed by atoms with E-state index in [1.807, 2.05) is 12.1 Å². The number of hydrogen-bond acceptors (Lipinski definition) is 2. The molecule has 2 rings (SSSR count). The van der Waals surface area contributed by atoms with Gasteiger partial charge in [0.2, 0.25) is 5.91 Å². The van der Waals surface area contributed by atoms with E-state index in [0.717, 1.165) is 18.7 Å². The Bertz CT molecular complexity index is 361. The van der Waals surface area contributed by atoms with E-state index < -0.39 is 0 Å². The topological polar surface area (TPSA) is 41.1 Å². The van der Waals surface area contributed by atoms with E-state index in [4.69, 9.17) is 11.6 Å². The maximum absolute atomic E-state index is 11.7. The molecule has 1 saturated heterocycles. The summed E-state index contributed by atoms with van der Waals surface area (Å²) in [7, 11) is 0. The second-order valence-electron chi connectivity index (χ2n) is 4.05. The summed E-state index contributed by atoms with van der Waals surface area (Å²) in [5.41, 5.74) is 0.799. The number of amides is 1. The molecule has 1 amide bonds. The molecule has 0 radical (unpaired) electrons. The first-order chi connectivity index (χ1) is 7.74. The largest absolute Gasteiger partial charge is 0.326 e. The van der Waals surface area contributed by atoms with Crippen LogP contribution in [0.2, 0.25) is 5.02 Å². The van der Waals surface area contributed by atoms with Crippen LogP contribution >= 0.6 is 24.0 Å². The van der Waals surface area contributed by atoms with Crippen molar-refractivity contribution in [3.05, 3.63) is 29.3 Å². The van der Waals surface area contributed by atoms with Gasteiger partial charge in [-0.05, 0) is 43.7 Å². The van der Waals surface area contributed by atoms with Gasteiger partial charge in [-0.15, -0.1) is 12.4 Å². The van der Waals surface area contributed by atoms with E-state index in [1.54, 1.807) is 12.1 Å². The molecule has 0 bridgehead atoms. The Kier molecular flexibility index (Phi) is 5.75. The third-order valence-electron chi connectivity index (χ3n) is 2.72. The number of benzene rings is 1. The third kappa shape index (κ3) is 4.54. The lowest BCUT2D eigenvalue weighted by molar-refractivity contribution is -0.116. The van der Waals surface area contributed by atoms with Gasteiger partial charge < -0.3 is 10.6 Å². The first kappa shape index (κ1) is 14.3. The fourth-order valence-electron chi connectivity index (χ4n) is 1.90. The van der Waals surface area contributed by atoms with Gasteiger partial charge in [-0.25, -0.2) is 0 Å². The van der Waals surface area contributed by atoms with Gasteiger partial charge in [-0.3, -0.25) is 4.79 Å². The zero-order valence-corrected chi connectivity index (χ0v) is 11.0. The summed E-state index contributed by atoms with van der Waals surface area (Å²) in [5.74, 6) is 0.0572. The zero-order chi connectivity index (χ0) is 11.4. The SMILES string of the molecule is Cl.O=C(CC1CCCN1)Nc1ccc(Cl)cc1. The van der Waals surface area contributed by atoms with Crippen molar-refractivity contribution in [3.63, 3.8) is 0 Å². The lowest BCUT2D eigenvalue weighted by Crippen LogP contribution is -2.27. The molecule has 1 heterocycles. The number of nitrogens with one attached hydrogen (secondary N) is 2. The lowest BCUT2D eigenvalue weighted by Gasteiger charge is -2.10. The Morgan fingerprint density at radius 2 is 2.12 bits per heavy atom. The van der Waals surface area contributed by atoms with Crippen LogP contribution in [0.4, 0.5) is 5.69 Å². The summed E-state index contributed by atoms with van der Waals surface area (Å²) in [5, 5.41) is 6.84. The molecule has 1 atom stereocenters. The summed E-state index contributed by atoms with van der Waals surface area (Å²) < 4.78 is 0. The van der Waals surface area contributed by atoms with Gasteiger partial charge in [0.25, 0.3) is 0 Å². The van der Waals surface area contributed by atoms with E-state index in [0.29, 0.717) is 17.5 Å². The molecule has 2 N–H and O–H groups in total. The van der Waals surface area contributed by atoms with Crippen molar-refractivity contribution in [1.82, 2.24) is 5.32 Å². The molecule has 0 spiro atoms. The average molecular weight is 275 g/mol. The standard InChI is InChI=1S/C12H15ClN2O.ClH/c13-9-3-5-10(6-4-9)15-12(16)8-11-2-1-7-14-11;/h3-6,11,14H,1-2,7-8H2,(H,15,16);1H. The summed E-state index contributed by atoms with van der Waals surface area (Å²) in [6.07, 6.45) is 2.80. The van der Waals surface area contributed by atoms with Gasteiger partial charge in [-0.1, -0.05) is 11.6 Å². The number of carbonyl (C=O) groups is 1. The predicted molar refractivity (Wildman–Crippen MR) is 73.0 cm³/mol. The molecule has 94 valence electrons. The van der Waals surface area contributed by atoms with E-state index in [1.165, 1.54) is 6.42 Å². The highest BCUT2D eigenvalue weighted by Crippen LogP contribution is 2.15. The number of carbonyl (C=O) groups excluding carboxylic acids is 1. The Balaban J connectivity index is 0.00000144. The van der Waals surface area contributed by atoms with Crippen LogP contribution in [0.5, 0.6) is 0 Å². The van der Waals surface area contributed by atoms with Gasteiger partial charge in [0.05, 0.1) is 0 Å². The molecule has 1 unspecified atom stereocenters. The molecule has 1 aromatic carbocycles. The quantitative estimate of drug-likeness (QED) is 0.890. The Morgan fingerprint density at radius 1 is 1.41 bits per heavy atom. The summed E-state index contributed by atoms with van der Waals surface area (Å²) in [4.78, 5) is 11.7. The Hall–Kier alpha value is -0.770. The van der Waals surface area contributed by atoms with Crippen molar-refractivity contribution in [2.75, 3.05) is 11.9 Å². The number of halogens is 2. The number of anilines is 1. The van der Waals surface area contributed by atoms with Crippen LogP contribution in [0, 0.1) is 0 Å². The van der Waals surface area contributed by atoms with Crippen molar-refractivity contribution in [1.29, 1.82) is 0 Å². The van der Waals surface area contributed by atoms with Crippen molar-refractivity contribution >= 4 is 35.6 Å². The van der Waals surface area contributed by atoms with Crippen LogP contribution in [0.1, 0.15) is 19.3 Å². The molecule has 5 heteroatoms. The monoisotopic (exact) mass is 274 g/mol. The molecule has 3 nitrogen and oxygen atoms in total.